The Balaban J connectivity index is 2.25. The highest BCUT2D eigenvalue weighted by Gasteiger charge is 2.20. The van der Waals surface area contributed by atoms with E-state index in [2.05, 4.69) is 23.9 Å². The molecule has 1 fully saturated rings. The first-order chi connectivity index (χ1) is 9.63. The molecule has 2 N–H and O–H groups in total. The molecule has 0 aliphatic carbocycles. The SMILES string of the molecule is COc1cc(C[C@@H](C)N)c(OC)cc1CC1CCCS1. The largest absolute Gasteiger partial charge is 0.496 e. The summed E-state index contributed by atoms with van der Waals surface area (Å²) in [6.07, 6.45) is 4.50. The van der Waals surface area contributed by atoms with Gasteiger partial charge in [0.05, 0.1) is 14.2 Å². The molecular formula is C16H25NO2S. The average molecular weight is 295 g/mol. The van der Waals surface area contributed by atoms with Crippen LogP contribution in [0.2, 0.25) is 0 Å². The zero-order chi connectivity index (χ0) is 14.5. The molecule has 0 amide bonds. The molecule has 0 spiro atoms. The second kappa shape index (κ2) is 7.23. The maximum atomic E-state index is 5.91. The second-order valence-electron chi connectivity index (χ2n) is 5.50. The van der Waals surface area contributed by atoms with Crippen molar-refractivity contribution in [1.82, 2.24) is 0 Å². The summed E-state index contributed by atoms with van der Waals surface area (Å²) >= 11 is 2.07. The maximum absolute atomic E-state index is 5.91. The van der Waals surface area contributed by atoms with E-state index in [0.717, 1.165) is 29.9 Å². The molecule has 2 rings (SSSR count). The molecule has 1 aromatic rings. The fourth-order valence-corrected chi connectivity index (χ4v) is 4.04. The first kappa shape index (κ1) is 15.5. The summed E-state index contributed by atoms with van der Waals surface area (Å²) in [6, 6.07) is 4.34. The first-order valence-corrected chi connectivity index (χ1v) is 8.30. The quantitative estimate of drug-likeness (QED) is 0.876. The van der Waals surface area contributed by atoms with Gasteiger partial charge in [-0.05, 0) is 61.6 Å². The monoisotopic (exact) mass is 295 g/mol. The van der Waals surface area contributed by atoms with Crippen molar-refractivity contribution in [3.05, 3.63) is 23.3 Å². The minimum absolute atomic E-state index is 0.116. The zero-order valence-electron chi connectivity index (χ0n) is 12.6. The topological polar surface area (TPSA) is 44.5 Å². The number of hydrogen-bond donors (Lipinski definition) is 1. The zero-order valence-corrected chi connectivity index (χ0v) is 13.5. The van der Waals surface area contributed by atoms with E-state index in [1.807, 2.05) is 6.92 Å². The van der Waals surface area contributed by atoms with Gasteiger partial charge in [-0.1, -0.05) is 0 Å². The van der Waals surface area contributed by atoms with Crippen molar-refractivity contribution >= 4 is 11.8 Å². The number of ether oxygens (including phenoxy) is 2. The van der Waals surface area contributed by atoms with Crippen LogP contribution in [-0.4, -0.2) is 31.3 Å². The van der Waals surface area contributed by atoms with Crippen LogP contribution in [0.4, 0.5) is 0 Å². The highest BCUT2D eigenvalue weighted by Crippen LogP contribution is 2.35. The Labute approximate surface area is 126 Å². The van der Waals surface area contributed by atoms with Crippen LogP contribution >= 0.6 is 11.8 Å². The lowest BCUT2D eigenvalue weighted by Crippen LogP contribution is -2.18. The molecule has 3 nitrogen and oxygen atoms in total. The van der Waals surface area contributed by atoms with E-state index in [9.17, 15) is 0 Å². The normalized spacial score (nSPS) is 19.9. The molecule has 1 aliphatic heterocycles. The summed E-state index contributed by atoms with van der Waals surface area (Å²) in [6.45, 7) is 2.01. The fourth-order valence-electron chi connectivity index (χ4n) is 2.74. The van der Waals surface area contributed by atoms with Crippen LogP contribution < -0.4 is 15.2 Å². The van der Waals surface area contributed by atoms with E-state index < -0.39 is 0 Å². The van der Waals surface area contributed by atoms with Crippen LogP contribution in [0.15, 0.2) is 12.1 Å². The van der Waals surface area contributed by atoms with Gasteiger partial charge in [0, 0.05) is 11.3 Å². The van der Waals surface area contributed by atoms with E-state index in [4.69, 9.17) is 15.2 Å². The van der Waals surface area contributed by atoms with Crippen molar-refractivity contribution in [1.29, 1.82) is 0 Å². The van der Waals surface area contributed by atoms with Gasteiger partial charge in [-0.2, -0.15) is 11.8 Å². The van der Waals surface area contributed by atoms with Crippen molar-refractivity contribution in [3.8, 4) is 11.5 Å². The van der Waals surface area contributed by atoms with Gasteiger partial charge in [-0.15, -0.1) is 0 Å². The molecule has 20 heavy (non-hydrogen) atoms. The van der Waals surface area contributed by atoms with Crippen molar-refractivity contribution < 1.29 is 9.47 Å². The number of thioether (sulfide) groups is 1. The molecule has 0 bridgehead atoms. The Bertz CT molecular complexity index is 442. The molecule has 2 atom stereocenters. The van der Waals surface area contributed by atoms with Crippen molar-refractivity contribution in [2.24, 2.45) is 5.73 Å². The van der Waals surface area contributed by atoms with Crippen LogP contribution in [0.3, 0.4) is 0 Å². The summed E-state index contributed by atoms with van der Waals surface area (Å²) in [5.74, 6) is 3.18. The number of hydrogen-bond acceptors (Lipinski definition) is 4. The fraction of sp³-hybridized carbons (Fsp3) is 0.625. The van der Waals surface area contributed by atoms with Crippen LogP contribution in [0, 0.1) is 0 Å². The van der Waals surface area contributed by atoms with Gasteiger partial charge in [0.15, 0.2) is 0 Å². The van der Waals surface area contributed by atoms with Gasteiger partial charge in [0.25, 0.3) is 0 Å². The highest BCUT2D eigenvalue weighted by atomic mass is 32.2. The Morgan fingerprint density at radius 2 is 1.90 bits per heavy atom. The number of nitrogens with two attached hydrogens (primary N) is 1. The molecule has 1 unspecified atom stereocenters. The van der Waals surface area contributed by atoms with E-state index >= 15 is 0 Å². The Hall–Kier alpha value is -0.870. The van der Waals surface area contributed by atoms with Gasteiger partial charge in [0.1, 0.15) is 11.5 Å². The van der Waals surface area contributed by atoms with E-state index in [1.165, 1.54) is 24.2 Å². The summed E-state index contributed by atoms with van der Waals surface area (Å²) in [7, 11) is 3.46. The summed E-state index contributed by atoms with van der Waals surface area (Å²) < 4.78 is 11.1. The molecule has 1 saturated heterocycles. The minimum Gasteiger partial charge on any atom is -0.496 e. The van der Waals surface area contributed by atoms with E-state index in [0.29, 0.717) is 5.25 Å². The number of rotatable bonds is 6. The predicted molar refractivity (Wildman–Crippen MR) is 86.1 cm³/mol. The van der Waals surface area contributed by atoms with Gasteiger partial charge in [0.2, 0.25) is 0 Å². The van der Waals surface area contributed by atoms with Gasteiger partial charge in [-0.3, -0.25) is 0 Å². The Morgan fingerprint density at radius 1 is 1.25 bits per heavy atom. The third-order valence-corrected chi connectivity index (χ3v) is 5.10. The standard InChI is InChI=1S/C16H25NO2S/c1-11(17)7-12-9-16(19-3)13(10-15(12)18-2)8-14-5-4-6-20-14/h9-11,14H,4-8,17H2,1-3H3/t11-,14?/m1/s1. The molecule has 1 heterocycles. The molecule has 4 heteroatoms. The summed E-state index contributed by atoms with van der Waals surface area (Å²) in [4.78, 5) is 0. The third-order valence-electron chi connectivity index (χ3n) is 3.70. The molecule has 0 saturated carbocycles. The van der Waals surface area contributed by atoms with Gasteiger partial charge in [-0.25, -0.2) is 0 Å². The summed E-state index contributed by atoms with van der Waals surface area (Å²) in [5, 5.41) is 0.716. The number of methoxy groups -OCH3 is 2. The maximum Gasteiger partial charge on any atom is 0.122 e. The lowest BCUT2D eigenvalue weighted by molar-refractivity contribution is 0.393. The van der Waals surface area contributed by atoms with Crippen LogP contribution in [0.5, 0.6) is 11.5 Å². The van der Waals surface area contributed by atoms with E-state index in [1.54, 1.807) is 14.2 Å². The molecule has 1 aromatic carbocycles. The van der Waals surface area contributed by atoms with E-state index in [-0.39, 0.29) is 6.04 Å². The summed E-state index contributed by atoms with van der Waals surface area (Å²) in [5.41, 5.74) is 8.28. The van der Waals surface area contributed by atoms with Gasteiger partial charge >= 0.3 is 0 Å². The number of benzene rings is 1. The molecule has 0 aromatic heterocycles. The van der Waals surface area contributed by atoms with Crippen LogP contribution in [0.1, 0.15) is 30.9 Å². The molecular weight excluding hydrogens is 270 g/mol. The lowest BCUT2D eigenvalue weighted by Gasteiger charge is -2.17. The van der Waals surface area contributed by atoms with Crippen LogP contribution in [0.25, 0.3) is 0 Å². The molecule has 0 radical (unpaired) electrons. The Morgan fingerprint density at radius 3 is 2.45 bits per heavy atom. The first-order valence-electron chi connectivity index (χ1n) is 7.25. The van der Waals surface area contributed by atoms with Crippen molar-refractivity contribution in [2.45, 2.75) is 43.9 Å². The molecule has 112 valence electrons. The molecule has 1 aliphatic rings. The second-order valence-corrected chi connectivity index (χ2v) is 6.90. The van der Waals surface area contributed by atoms with Gasteiger partial charge < -0.3 is 15.2 Å². The minimum atomic E-state index is 0.116. The van der Waals surface area contributed by atoms with Crippen molar-refractivity contribution in [3.63, 3.8) is 0 Å². The van der Waals surface area contributed by atoms with Crippen molar-refractivity contribution in [2.75, 3.05) is 20.0 Å². The lowest BCUT2D eigenvalue weighted by atomic mass is 9.99. The predicted octanol–water partition coefficient (Wildman–Crippen LogP) is 3.03. The smallest absolute Gasteiger partial charge is 0.122 e. The average Bonchev–Trinajstić information content (AvgIpc) is 2.92. The van der Waals surface area contributed by atoms with Crippen LogP contribution in [-0.2, 0) is 12.8 Å². The highest BCUT2D eigenvalue weighted by molar-refractivity contribution is 8.00. The Kier molecular flexibility index (Phi) is 5.61. The third kappa shape index (κ3) is 3.83.